The number of halogens is 3. The summed E-state index contributed by atoms with van der Waals surface area (Å²) < 4.78 is -1.73. The molecule has 1 amide bonds. The molecule has 4 nitrogen and oxygen atoms in total. The average molecular weight is 397 g/mol. The maximum absolute atomic E-state index is 11.9. The number of unbranched alkanes of at least 4 members (excludes halogenated alkanes) is 2. The summed E-state index contributed by atoms with van der Waals surface area (Å²) in [5.41, 5.74) is 0.794. The molecular formula is C15H20Cl3N3OS. The van der Waals surface area contributed by atoms with Crippen LogP contribution in [-0.2, 0) is 4.79 Å². The van der Waals surface area contributed by atoms with Crippen molar-refractivity contribution in [1.29, 1.82) is 0 Å². The summed E-state index contributed by atoms with van der Waals surface area (Å²) in [7, 11) is 0. The Morgan fingerprint density at radius 3 is 2.39 bits per heavy atom. The molecule has 0 aliphatic heterocycles. The summed E-state index contributed by atoms with van der Waals surface area (Å²) in [6.07, 6.45) is 2.26. The van der Waals surface area contributed by atoms with Gasteiger partial charge in [0.05, 0.1) is 0 Å². The van der Waals surface area contributed by atoms with Crippen molar-refractivity contribution in [2.75, 3.05) is 5.32 Å². The Kier molecular flexibility index (Phi) is 8.99. The number of hydrogen-bond donors (Lipinski definition) is 3. The summed E-state index contributed by atoms with van der Waals surface area (Å²) in [6, 6.07) is 9.32. The van der Waals surface area contributed by atoms with E-state index in [2.05, 4.69) is 22.9 Å². The molecule has 0 unspecified atom stereocenters. The summed E-state index contributed by atoms with van der Waals surface area (Å²) in [6.45, 7) is 2.07. The van der Waals surface area contributed by atoms with Crippen LogP contribution >= 0.6 is 47.0 Å². The molecule has 1 rings (SSSR count). The fourth-order valence-electron chi connectivity index (χ4n) is 1.79. The van der Waals surface area contributed by atoms with E-state index in [-0.39, 0.29) is 11.0 Å². The molecule has 3 N–H and O–H groups in total. The van der Waals surface area contributed by atoms with Gasteiger partial charge in [-0.2, -0.15) is 0 Å². The highest BCUT2D eigenvalue weighted by atomic mass is 35.6. The number of rotatable bonds is 7. The lowest BCUT2D eigenvalue weighted by Crippen LogP contribution is -2.56. The lowest BCUT2D eigenvalue weighted by molar-refractivity contribution is -0.122. The first kappa shape index (κ1) is 20.3. The minimum Gasteiger partial charge on any atom is -0.339 e. The van der Waals surface area contributed by atoms with Gasteiger partial charge in [-0.25, -0.2) is 0 Å². The number of nitrogens with one attached hydrogen (secondary N) is 3. The van der Waals surface area contributed by atoms with Gasteiger partial charge in [-0.1, -0.05) is 72.8 Å². The molecule has 1 aromatic carbocycles. The minimum atomic E-state index is -1.73. The van der Waals surface area contributed by atoms with Crippen LogP contribution in [-0.4, -0.2) is 21.0 Å². The van der Waals surface area contributed by atoms with Crippen LogP contribution in [0.2, 0.25) is 0 Å². The number of carbonyl (C=O) groups is 1. The Morgan fingerprint density at radius 2 is 1.83 bits per heavy atom. The number of carbonyl (C=O) groups excluding carboxylic acids is 1. The molecule has 0 aliphatic rings. The number of para-hydroxylation sites is 1. The van der Waals surface area contributed by atoms with Crippen LogP contribution in [0.25, 0.3) is 0 Å². The molecule has 1 atom stereocenters. The first-order valence-electron chi connectivity index (χ1n) is 7.31. The summed E-state index contributed by atoms with van der Waals surface area (Å²) in [5, 5.41) is 8.69. The van der Waals surface area contributed by atoms with E-state index in [4.69, 9.17) is 47.0 Å². The maximum Gasteiger partial charge on any atom is 0.228 e. The normalized spacial score (nSPS) is 12.3. The minimum absolute atomic E-state index is 0.190. The molecule has 23 heavy (non-hydrogen) atoms. The topological polar surface area (TPSA) is 53.2 Å². The molecule has 0 aliphatic carbocycles. The molecule has 0 spiro atoms. The van der Waals surface area contributed by atoms with Crippen LogP contribution in [0.15, 0.2) is 30.3 Å². The molecule has 8 heteroatoms. The molecule has 0 aromatic heterocycles. The first-order chi connectivity index (χ1) is 10.8. The highest BCUT2D eigenvalue weighted by Crippen LogP contribution is 2.29. The van der Waals surface area contributed by atoms with Gasteiger partial charge in [-0.15, -0.1) is 0 Å². The van der Waals surface area contributed by atoms with Crippen LogP contribution in [0.4, 0.5) is 5.69 Å². The quantitative estimate of drug-likeness (QED) is 0.277. The highest BCUT2D eigenvalue weighted by molar-refractivity contribution is 7.80. The Bertz CT molecular complexity index is 508. The fourth-order valence-corrected chi connectivity index (χ4v) is 2.35. The lowest BCUT2D eigenvalue weighted by atomic mass is 10.2. The molecule has 0 heterocycles. The number of hydrogen-bond acceptors (Lipinski definition) is 2. The summed E-state index contributed by atoms with van der Waals surface area (Å²) in [4.78, 5) is 11.9. The van der Waals surface area contributed by atoms with Gasteiger partial charge in [0.25, 0.3) is 0 Å². The van der Waals surface area contributed by atoms with Crippen LogP contribution in [0, 0.1) is 0 Å². The monoisotopic (exact) mass is 395 g/mol. The molecule has 0 bridgehead atoms. The molecule has 128 valence electrons. The van der Waals surface area contributed by atoms with Crippen molar-refractivity contribution in [3.05, 3.63) is 30.3 Å². The van der Waals surface area contributed by atoms with E-state index in [1.165, 1.54) is 0 Å². The lowest BCUT2D eigenvalue weighted by Gasteiger charge is -2.27. The van der Waals surface area contributed by atoms with Gasteiger partial charge in [-0.3, -0.25) is 4.79 Å². The number of benzene rings is 1. The van der Waals surface area contributed by atoms with Crippen molar-refractivity contribution in [2.24, 2.45) is 0 Å². The molecule has 1 aromatic rings. The predicted molar refractivity (Wildman–Crippen MR) is 102 cm³/mol. The van der Waals surface area contributed by atoms with Crippen molar-refractivity contribution >= 4 is 63.7 Å². The standard InChI is InChI=1S/C15H20Cl3N3OS/c1-2-3-5-10-12(22)20-13(15(16,17)18)21-14(23)19-11-8-6-4-7-9-11/h4,6-9,13H,2-3,5,10H2,1H3,(H,20,22)(H2,19,21,23)/t13-/m1/s1. The van der Waals surface area contributed by atoms with Crippen molar-refractivity contribution in [2.45, 2.75) is 42.6 Å². The van der Waals surface area contributed by atoms with E-state index < -0.39 is 9.96 Å². The van der Waals surface area contributed by atoms with Gasteiger partial charge in [-0.05, 0) is 30.8 Å². The second kappa shape index (κ2) is 10.2. The van der Waals surface area contributed by atoms with Crippen LogP contribution in [0.5, 0.6) is 0 Å². The smallest absolute Gasteiger partial charge is 0.228 e. The SMILES string of the molecule is CCCCCC(=O)N[C@H](NC(=S)Nc1ccccc1)C(Cl)(Cl)Cl. The number of thiocarbonyl (C=S) groups is 1. The third-order valence-electron chi connectivity index (χ3n) is 2.95. The highest BCUT2D eigenvalue weighted by Gasteiger charge is 2.34. The number of amides is 1. The summed E-state index contributed by atoms with van der Waals surface area (Å²) in [5.74, 6) is -0.190. The average Bonchev–Trinajstić information content (AvgIpc) is 2.47. The molecule has 0 radical (unpaired) electrons. The Labute approximate surface area is 157 Å². The van der Waals surface area contributed by atoms with Gasteiger partial charge in [0.15, 0.2) is 5.11 Å². The second-order valence-corrected chi connectivity index (χ2v) is 7.74. The van der Waals surface area contributed by atoms with E-state index >= 15 is 0 Å². The van der Waals surface area contributed by atoms with Gasteiger partial charge in [0.1, 0.15) is 6.17 Å². The van der Waals surface area contributed by atoms with Crippen molar-refractivity contribution in [3.8, 4) is 0 Å². The van der Waals surface area contributed by atoms with Crippen LogP contribution in [0.3, 0.4) is 0 Å². The van der Waals surface area contributed by atoms with E-state index in [0.29, 0.717) is 6.42 Å². The zero-order chi connectivity index (χ0) is 17.3. The fraction of sp³-hybridized carbons (Fsp3) is 0.467. The van der Waals surface area contributed by atoms with Crippen molar-refractivity contribution in [1.82, 2.24) is 10.6 Å². The van der Waals surface area contributed by atoms with E-state index in [9.17, 15) is 4.79 Å². The zero-order valence-corrected chi connectivity index (χ0v) is 15.8. The van der Waals surface area contributed by atoms with E-state index in [0.717, 1.165) is 24.9 Å². The molecule has 0 saturated carbocycles. The van der Waals surface area contributed by atoms with E-state index in [1.807, 2.05) is 30.3 Å². The second-order valence-electron chi connectivity index (χ2n) is 4.96. The van der Waals surface area contributed by atoms with Crippen molar-refractivity contribution < 1.29 is 4.79 Å². The maximum atomic E-state index is 11.9. The van der Waals surface area contributed by atoms with Crippen LogP contribution in [0.1, 0.15) is 32.6 Å². The third kappa shape index (κ3) is 8.61. The van der Waals surface area contributed by atoms with Gasteiger partial charge in [0.2, 0.25) is 9.70 Å². The largest absolute Gasteiger partial charge is 0.339 e. The zero-order valence-electron chi connectivity index (χ0n) is 12.7. The molecular weight excluding hydrogens is 377 g/mol. The summed E-state index contributed by atoms with van der Waals surface area (Å²) >= 11 is 22.9. The first-order valence-corrected chi connectivity index (χ1v) is 8.85. The molecule has 0 saturated heterocycles. The van der Waals surface area contributed by atoms with Crippen LogP contribution < -0.4 is 16.0 Å². The predicted octanol–water partition coefficient (Wildman–Crippen LogP) is 4.37. The molecule has 0 fully saturated rings. The number of anilines is 1. The Balaban J connectivity index is 2.57. The number of alkyl halides is 3. The van der Waals surface area contributed by atoms with Crippen molar-refractivity contribution in [3.63, 3.8) is 0 Å². The van der Waals surface area contributed by atoms with Gasteiger partial charge < -0.3 is 16.0 Å². The Morgan fingerprint density at radius 1 is 1.17 bits per heavy atom. The van der Waals surface area contributed by atoms with E-state index in [1.54, 1.807) is 0 Å². The third-order valence-corrected chi connectivity index (χ3v) is 3.82. The van der Waals surface area contributed by atoms with Gasteiger partial charge in [0, 0.05) is 12.1 Å². The Hall–Kier alpha value is -0.750. The van der Waals surface area contributed by atoms with Gasteiger partial charge >= 0.3 is 0 Å².